The van der Waals surface area contributed by atoms with E-state index >= 15 is 0 Å². The van der Waals surface area contributed by atoms with Crippen molar-refractivity contribution in [3.63, 3.8) is 0 Å². The Morgan fingerprint density at radius 1 is 1.20 bits per heavy atom. The molecule has 1 atom stereocenters. The van der Waals surface area contributed by atoms with E-state index in [1.807, 2.05) is 24.3 Å². The summed E-state index contributed by atoms with van der Waals surface area (Å²) >= 11 is 0. The molecule has 3 rings (SSSR count). The second-order valence-electron chi connectivity index (χ2n) is 4.77. The maximum Gasteiger partial charge on any atom is 0.220 e. The highest BCUT2D eigenvalue weighted by Crippen LogP contribution is 2.25. The Hall–Kier alpha value is -2.43. The smallest absolute Gasteiger partial charge is 0.220 e. The molecule has 0 radical (unpaired) electrons. The van der Waals surface area contributed by atoms with E-state index in [1.165, 1.54) is 5.56 Å². The minimum atomic E-state index is 0.123. The standard InChI is InChI=1S/C15H15N3O2/c1-20-13-8-17-15(18-9-13)11-4-2-10(3-5-11)12-6-14(19)16-7-12/h2-5,8-9,12H,6-7H2,1H3,(H,16,19). The van der Waals surface area contributed by atoms with Crippen LogP contribution in [0.15, 0.2) is 36.7 Å². The fourth-order valence-electron chi connectivity index (χ4n) is 2.32. The molecule has 0 saturated carbocycles. The number of carbonyl (C=O) groups is 1. The minimum absolute atomic E-state index is 0.123. The van der Waals surface area contributed by atoms with E-state index in [9.17, 15) is 4.79 Å². The van der Waals surface area contributed by atoms with Crippen molar-refractivity contribution in [3.8, 4) is 17.1 Å². The molecule has 102 valence electrons. The number of carbonyl (C=O) groups excluding carboxylic acids is 1. The summed E-state index contributed by atoms with van der Waals surface area (Å²) in [5, 5.41) is 2.85. The monoisotopic (exact) mass is 269 g/mol. The highest BCUT2D eigenvalue weighted by molar-refractivity contribution is 5.79. The molecule has 1 aromatic carbocycles. The zero-order valence-corrected chi connectivity index (χ0v) is 11.2. The normalized spacial score (nSPS) is 17.9. The van der Waals surface area contributed by atoms with Crippen molar-refractivity contribution in [1.82, 2.24) is 15.3 Å². The molecule has 0 bridgehead atoms. The molecule has 1 fully saturated rings. The topological polar surface area (TPSA) is 64.1 Å². The van der Waals surface area contributed by atoms with Crippen molar-refractivity contribution in [2.45, 2.75) is 12.3 Å². The molecule has 2 aromatic rings. The number of nitrogens with one attached hydrogen (secondary N) is 1. The lowest BCUT2D eigenvalue weighted by Crippen LogP contribution is -2.13. The second-order valence-corrected chi connectivity index (χ2v) is 4.77. The highest BCUT2D eigenvalue weighted by Gasteiger charge is 2.22. The molecule has 1 aliphatic rings. The van der Waals surface area contributed by atoms with Crippen molar-refractivity contribution < 1.29 is 9.53 Å². The third-order valence-electron chi connectivity index (χ3n) is 3.48. The zero-order chi connectivity index (χ0) is 13.9. The average molecular weight is 269 g/mol. The summed E-state index contributed by atoms with van der Waals surface area (Å²) in [6.07, 6.45) is 3.87. The minimum Gasteiger partial charge on any atom is -0.494 e. The largest absolute Gasteiger partial charge is 0.494 e. The number of hydrogen-bond acceptors (Lipinski definition) is 4. The second kappa shape index (κ2) is 5.28. The van der Waals surface area contributed by atoms with Crippen molar-refractivity contribution in [1.29, 1.82) is 0 Å². The van der Waals surface area contributed by atoms with Gasteiger partial charge >= 0.3 is 0 Å². The quantitative estimate of drug-likeness (QED) is 0.922. The molecule has 20 heavy (non-hydrogen) atoms. The fraction of sp³-hybridized carbons (Fsp3) is 0.267. The van der Waals surface area contributed by atoms with E-state index in [-0.39, 0.29) is 11.8 Å². The summed E-state index contributed by atoms with van der Waals surface area (Å²) in [5.41, 5.74) is 2.12. The Labute approximate surface area is 117 Å². The van der Waals surface area contributed by atoms with E-state index in [0.717, 1.165) is 12.1 Å². The van der Waals surface area contributed by atoms with Crippen molar-refractivity contribution in [2.24, 2.45) is 0 Å². The number of amides is 1. The van der Waals surface area contributed by atoms with Gasteiger partial charge in [0.25, 0.3) is 0 Å². The number of benzene rings is 1. The highest BCUT2D eigenvalue weighted by atomic mass is 16.5. The Kier molecular flexibility index (Phi) is 3.33. The van der Waals surface area contributed by atoms with E-state index in [1.54, 1.807) is 19.5 Å². The summed E-state index contributed by atoms with van der Waals surface area (Å²) in [5.74, 6) is 1.70. The maximum atomic E-state index is 11.2. The Balaban J connectivity index is 1.79. The number of ether oxygens (including phenoxy) is 1. The first-order valence-electron chi connectivity index (χ1n) is 6.49. The number of methoxy groups -OCH3 is 1. The van der Waals surface area contributed by atoms with E-state index in [0.29, 0.717) is 18.0 Å². The average Bonchev–Trinajstić information content (AvgIpc) is 2.94. The third-order valence-corrected chi connectivity index (χ3v) is 3.48. The zero-order valence-electron chi connectivity index (χ0n) is 11.2. The maximum absolute atomic E-state index is 11.2. The Bertz CT molecular complexity index is 608. The van der Waals surface area contributed by atoms with Gasteiger partial charge in [0.2, 0.25) is 5.91 Å². The van der Waals surface area contributed by atoms with Gasteiger partial charge < -0.3 is 10.1 Å². The molecule has 1 saturated heterocycles. The lowest BCUT2D eigenvalue weighted by atomic mass is 9.97. The molecule has 1 amide bonds. The van der Waals surface area contributed by atoms with Crippen LogP contribution in [0.5, 0.6) is 5.75 Å². The van der Waals surface area contributed by atoms with Crippen LogP contribution < -0.4 is 10.1 Å². The number of aromatic nitrogens is 2. The molecule has 1 aromatic heterocycles. The molecule has 0 aliphatic carbocycles. The lowest BCUT2D eigenvalue weighted by molar-refractivity contribution is -0.119. The molecule has 5 heteroatoms. The van der Waals surface area contributed by atoms with Gasteiger partial charge in [0.15, 0.2) is 11.6 Å². The van der Waals surface area contributed by atoms with Crippen molar-refractivity contribution >= 4 is 5.91 Å². The number of rotatable bonds is 3. The molecule has 1 unspecified atom stereocenters. The summed E-state index contributed by atoms with van der Waals surface area (Å²) in [4.78, 5) is 19.7. The van der Waals surface area contributed by atoms with Crippen LogP contribution in [0.3, 0.4) is 0 Å². The van der Waals surface area contributed by atoms with E-state index in [2.05, 4.69) is 15.3 Å². The van der Waals surface area contributed by atoms with Crippen LogP contribution in [0.4, 0.5) is 0 Å². The van der Waals surface area contributed by atoms with Crippen LogP contribution in [-0.2, 0) is 4.79 Å². The molecule has 5 nitrogen and oxygen atoms in total. The van der Waals surface area contributed by atoms with Crippen LogP contribution in [0, 0.1) is 0 Å². The summed E-state index contributed by atoms with van der Waals surface area (Å²) in [6.45, 7) is 0.719. The molecule has 1 N–H and O–H groups in total. The van der Waals surface area contributed by atoms with E-state index < -0.39 is 0 Å². The van der Waals surface area contributed by atoms with Gasteiger partial charge in [-0.05, 0) is 5.56 Å². The van der Waals surface area contributed by atoms with Crippen LogP contribution in [0.1, 0.15) is 17.9 Å². The molecular weight excluding hydrogens is 254 g/mol. The van der Waals surface area contributed by atoms with E-state index in [4.69, 9.17) is 4.74 Å². The molecular formula is C15H15N3O2. The molecule has 1 aliphatic heterocycles. The molecule has 0 spiro atoms. The summed E-state index contributed by atoms with van der Waals surface area (Å²) < 4.78 is 5.04. The SMILES string of the molecule is COc1cnc(-c2ccc(C3CNC(=O)C3)cc2)nc1. The Morgan fingerprint density at radius 3 is 2.45 bits per heavy atom. The van der Waals surface area contributed by atoms with Gasteiger partial charge in [0.05, 0.1) is 19.5 Å². The van der Waals surface area contributed by atoms with Crippen LogP contribution in [0.2, 0.25) is 0 Å². The molecule has 2 heterocycles. The summed E-state index contributed by atoms with van der Waals surface area (Å²) in [6, 6.07) is 8.04. The van der Waals surface area contributed by atoms with Crippen LogP contribution in [0.25, 0.3) is 11.4 Å². The third kappa shape index (κ3) is 2.47. The number of hydrogen-bond donors (Lipinski definition) is 1. The number of nitrogens with zero attached hydrogens (tertiary/aromatic N) is 2. The van der Waals surface area contributed by atoms with Gasteiger partial charge in [-0.15, -0.1) is 0 Å². The van der Waals surface area contributed by atoms with Crippen molar-refractivity contribution in [2.75, 3.05) is 13.7 Å². The van der Waals surface area contributed by atoms with Crippen molar-refractivity contribution in [3.05, 3.63) is 42.2 Å². The van der Waals surface area contributed by atoms with Gasteiger partial charge in [0, 0.05) is 24.4 Å². The van der Waals surface area contributed by atoms with Crippen LogP contribution in [-0.4, -0.2) is 29.5 Å². The summed E-state index contributed by atoms with van der Waals surface area (Å²) in [7, 11) is 1.59. The predicted molar refractivity (Wildman–Crippen MR) is 74.4 cm³/mol. The fourth-order valence-corrected chi connectivity index (χ4v) is 2.32. The first-order valence-corrected chi connectivity index (χ1v) is 6.49. The van der Waals surface area contributed by atoms with Gasteiger partial charge in [-0.2, -0.15) is 0 Å². The van der Waals surface area contributed by atoms with Gasteiger partial charge in [-0.3, -0.25) is 4.79 Å². The predicted octanol–water partition coefficient (Wildman–Crippen LogP) is 1.76. The van der Waals surface area contributed by atoms with Gasteiger partial charge in [-0.25, -0.2) is 9.97 Å². The van der Waals surface area contributed by atoms with Crippen LogP contribution >= 0.6 is 0 Å². The lowest BCUT2D eigenvalue weighted by Gasteiger charge is -2.08. The van der Waals surface area contributed by atoms with Gasteiger partial charge in [0.1, 0.15) is 0 Å². The first-order chi connectivity index (χ1) is 9.76. The Morgan fingerprint density at radius 2 is 1.90 bits per heavy atom. The van der Waals surface area contributed by atoms with Gasteiger partial charge in [-0.1, -0.05) is 24.3 Å². The first kappa shape index (κ1) is 12.6.